The first-order valence-corrected chi connectivity index (χ1v) is 3.34. The van der Waals surface area contributed by atoms with Gasteiger partial charge in [-0.3, -0.25) is 0 Å². The highest BCUT2D eigenvalue weighted by atomic mass is 14.6. The first kappa shape index (κ1) is 6.40. The quantitative estimate of drug-likeness (QED) is 0.632. The fourth-order valence-electron chi connectivity index (χ4n) is 0.843. The summed E-state index contributed by atoms with van der Waals surface area (Å²) in [6.07, 6.45) is 7.38. The number of rotatable bonds is 3. The van der Waals surface area contributed by atoms with E-state index in [0.717, 1.165) is 12.8 Å². The van der Waals surface area contributed by atoms with Crippen LogP contribution in [0.3, 0.4) is 0 Å². The molecule has 0 saturated carbocycles. The number of nitrogens with one attached hydrogen (secondary N) is 1. The number of aromatic amines is 1. The number of unbranched alkanes of at least 4 members (excludes halogenated alkanes) is 1. The van der Waals surface area contributed by atoms with Crippen molar-refractivity contribution in [2.24, 2.45) is 0 Å². The molecule has 1 heteroatoms. The first-order chi connectivity index (χ1) is 4.43. The Hall–Kier alpha value is -0.720. The maximum absolute atomic E-state index is 3.77. The zero-order valence-corrected chi connectivity index (χ0v) is 5.56. The Bertz CT molecular complexity index is 142. The van der Waals surface area contributed by atoms with Crippen molar-refractivity contribution < 1.29 is 0 Å². The molecule has 0 aromatic carbocycles. The van der Waals surface area contributed by atoms with Crippen molar-refractivity contribution >= 4 is 0 Å². The monoisotopic (exact) mass is 122 g/mol. The summed E-state index contributed by atoms with van der Waals surface area (Å²) in [6.45, 7) is 3.77. The minimum atomic E-state index is 1.03. The lowest BCUT2D eigenvalue weighted by atomic mass is 10.2. The molecular weight excluding hydrogens is 110 g/mol. The van der Waals surface area contributed by atoms with E-state index in [-0.39, 0.29) is 0 Å². The lowest BCUT2D eigenvalue weighted by Crippen LogP contribution is -1.78. The summed E-state index contributed by atoms with van der Waals surface area (Å²) in [4.78, 5) is 3.02. The van der Waals surface area contributed by atoms with E-state index in [1.165, 1.54) is 12.0 Å². The molecule has 0 aliphatic heterocycles. The lowest BCUT2D eigenvalue weighted by Gasteiger charge is -1.90. The van der Waals surface area contributed by atoms with Crippen molar-refractivity contribution in [3.8, 4) is 0 Å². The van der Waals surface area contributed by atoms with Gasteiger partial charge in [-0.2, -0.15) is 0 Å². The van der Waals surface area contributed by atoms with Gasteiger partial charge in [-0.25, -0.2) is 0 Å². The zero-order chi connectivity index (χ0) is 6.53. The van der Waals surface area contributed by atoms with E-state index in [0.29, 0.717) is 0 Å². The van der Waals surface area contributed by atoms with E-state index in [1.54, 1.807) is 0 Å². The summed E-state index contributed by atoms with van der Waals surface area (Å²) in [5, 5.41) is 0. The van der Waals surface area contributed by atoms with Crippen LogP contribution in [0.25, 0.3) is 0 Å². The molecule has 1 aromatic heterocycles. The zero-order valence-electron chi connectivity index (χ0n) is 5.56. The molecule has 0 saturated heterocycles. The summed E-state index contributed by atoms with van der Waals surface area (Å²) < 4.78 is 0. The fraction of sp³-hybridized carbons (Fsp3) is 0.375. The molecule has 0 aliphatic rings. The Labute approximate surface area is 56.1 Å². The van der Waals surface area contributed by atoms with Gasteiger partial charge in [-0.1, -0.05) is 13.3 Å². The molecule has 1 N–H and O–H groups in total. The Kier molecular flexibility index (Phi) is 2.37. The normalized spacial score (nSPS) is 9.89. The van der Waals surface area contributed by atoms with Crippen molar-refractivity contribution in [1.29, 1.82) is 0 Å². The molecule has 0 bridgehead atoms. The number of aryl methyl sites for hydroxylation is 1. The van der Waals surface area contributed by atoms with Crippen molar-refractivity contribution in [3.05, 3.63) is 30.9 Å². The van der Waals surface area contributed by atoms with Crippen LogP contribution in [0.1, 0.15) is 18.4 Å². The molecule has 0 atom stereocenters. The van der Waals surface area contributed by atoms with Gasteiger partial charge in [0.1, 0.15) is 0 Å². The molecule has 0 unspecified atom stereocenters. The minimum absolute atomic E-state index is 1.03. The van der Waals surface area contributed by atoms with Crippen molar-refractivity contribution in [2.45, 2.75) is 19.3 Å². The third-order valence-corrected chi connectivity index (χ3v) is 1.38. The largest absolute Gasteiger partial charge is 0.367 e. The Morgan fingerprint density at radius 3 is 3.00 bits per heavy atom. The maximum Gasteiger partial charge on any atom is 0.00373 e. The van der Waals surface area contributed by atoms with Crippen LogP contribution in [0.15, 0.2) is 18.5 Å². The van der Waals surface area contributed by atoms with Gasteiger partial charge in [-0.15, -0.1) is 0 Å². The van der Waals surface area contributed by atoms with Gasteiger partial charge in [0.2, 0.25) is 0 Å². The fourth-order valence-corrected chi connectivity index (χ4v) is 0.843. The molecule has 1 nitrogen and oxygen atoms in total. The van der Waals surface area contributed by atoms with Crippen LogP contribution in [0.5, 0.6) is 0 Å². The van der Waals surface area contributed by atoms with E-state index in [4.69, 9.17) is 0 Å². The molecule has 0 amide bonds. The number of aromatic nitrogens is 1. The Balaban J connectivity index is 2.30. The van der Waals surface area contributed by atoms with E-state index in [1.807, 2.05) is 12.4 Å². The van der Waals surface area contributed by atoms with Gasteiger partial charge in [0.25, 0.3) is 0 Å². The van der Waals surface area contributed by atoms with Gasteiger partial charge in [0.05, 0.1) is 0 Å². The second-order valence-corrected chi connectivity index (χ2v) is 2.18. The standard InChI is InChI=1S/C8H12N/c1-2-3-4-8-5-6-9-7-8/h5-7,9H,1-4H2. The summed E-state index contributed by atoms with van der Waals surface area (Å²) >= 11 is 0. The molecule has 0 spiro atoms. The smallest absolute Gasteiger partial charge is 0.00373 e. The molecule has 1 aromatic rings. The second-order valence-electron chi connectivity index (χ2n) is 2.18. The Morgan fingerprint density at radius 1 is 1.56 bits per heavy atom. The predicted octanol–water partition coefficient (Wildman–Crippen LogP) is 2.17. The molecule has 1 rings (SSSR count). The van der Waals surface area contributed by atoms with Crippen LogP contribution in [0.2, 0.25) is 0 Å². The van der Waals surface area contributed by atoms with Crippen LogP contribution in [-0.4, -0.2) is 4.98 Å². The second kappa shape index (κ2) is 3.33. The number of hydrogen-bond acceptors (Lipinski definition) is 0. The maximum atomic E-state index is 3.77. The average molecular weight is 122 g/mol. The number of H-pyrrole nitrogens is 1. The molecule has 1 radical (unpaired) electrons. The molecule has 0 aliphatic carbocycles. The third kappa shape index (κ3) is 1.92. The SMILES string of the molecule is [CH2]CCCc1cc[nH]c1. The van der Waals surface area contributed by atoms with Gasteiger partial charge in [-0.05, 0) is 24.5 Å². The minimum Gasteiger partial charge on any atom is -0.367 e. The summed E-state index contributed by atoms with van der Waals surface area (Å²) in [6, 6.07) is 2.11. The molecule has 0 fully saturated rings. The third-order valence-electron chi connectivity index (χ3n) is 1.38. The number of hydrogen-bond donors (Lipinski definition) is 1. The molecular formula is C8H12N. The van der Waals surface area contributed by atoms with Crippen molar-refractivity contribution in [3.63, 3.8) is 0 Å². The summed E-state index contributed by atoms with van der Waals surface area (Å²) in [5.41, 5.74) is 1.39. The van der Waals surface area contributed by atoms with Crippen LogP contribution in [0.4, 0.5) is 0 Å². The topological polar surface area (TPSA) is 15.8 Å². The van der Waals surface area contributed by atoms with Crippen molar-refractivity contribution in [2.75, 3.05) is 0 Å². The highest BCUT2D eigenvalue weighted by Gasteiger charge is 1.88. The van der Waals surface area contributed by atoms with Crippen LogP contribution in [-0.2, 0) is 6.42 Å². The van der Waals surface area contributed by atoms with E-state index < -0.39 is 0 Å². The van der Waals surface area contributed by atoms with E-state index in [9.17, 15) is 0 Å². The van der Waals surface area contributed by atoms with Crippen LogP contribution < -0.4 is 0 Å². The van der Waals surface area contributed by atoms with Crippen LogP contribution >= 0.6 is 0 Å². The van der Waals surface area contributed by atoms with E-state index in [2.05, 4.69) is 18.0 Å². The molecule has 49 valence electrons. The highest BCUT2D eigenvalue weighted by molar-refractivity contribution is 5.07. The van der Waals surface area contributed by atoms with E-state index >= 15 is 0 Å². The summed E-state index contributed by atoms with van der Waals surface area (Å²) in [7, 11) is 0. The van der Waals surface area contributed by atoms with Gasteiger partial charge in [0.15, 0.2) is 0 Å². The van der Waals surface area contributed by atoms with Crippen LogP contribution in [0, 0.1) is 6.92 Å². The van der Waals surface area contributed by atoms with Gasteiger partial charge in [0, 0.05) is 12.4 Å². The predicted molar refractivity (Wildman–Crippen MR) is 39.1 cm³/mol. The van der Waals surface area contributed by atoms with Gasteiger partial charge < -0.3 is 4.98 Å². The Morgan fingerprint density at radius 2 is 2.44 bits per heavy atom. The van der Waals surface area contributed by atoms with Crippen molar-refractivity contribution in [1.82, 2.24) is 4.98 Å². The average Bonchev–Trinajstić information content (AvgIpc) is 2.34. The first-order valence-electron chi connectivity index (χ1n) is 3.34. The van der Waals surface area contributed by atoms with Gasteiger partial charge >= 0.3 is 0 Å². The molecule has 9 heavy (non-hydrogen) atoms. The lowest BCUT2D eigenvalue weighted by molar-refractivity contribution is 0.842. The molecule has 1 heterocycles. The highest BCUT2D eigenvalue weighted by Crippen LogP contribution is 2.01. The summed E-state index contributed by atoms with van der Waals surface area (Å²) in [5.74, 6) is 0.